The van der Waals surface area contributed by atoms with Gasteiger partial charge in [-0.15, -0.1) is 32.9 Å². The lowest BCUT2D eigenvalue weighted by molar-refractivity contribution is -0.134. The molecule has 26 heteroatoms. The number of rotatable bonds is 21. The van der Waals surface area contributed by atoms with Crippen LogP contribution in [0.5, 0.6) is 17.2 Å². The molecule has 4 atom stereocenters. The molecule has 0 saturated heterocycles. The molecule has 21 nitrogen and oxygen atoms in total. The Morgan fingerprint density at radius 3 is 1.38 bits per heavy atom. The molecule has 7 N–H and O–H groups in total. The lowest BCUT2D eigenvalue weighted by atomic mass is 10.0. The molecule has 0 spiro atoms. The van der Waals surface area contributed by atoms with Crippen molar-refractivity contribution in [2.24, 2.45) is 5.14 Å². The summed E-state index contributed by atoms with van der Waals surface area (Å²) in [5, 5.41) is 67.2. The van der Waals surface area contributed by atoms with Gasteiger partial charge in [-0.25, -0.2) is 28.2 Å². The Hall–Kier alpha value is -8.82. The zero-order chi connectivity index (χ0) is 68.6. The third-order valence-electron chi connectivity index (χ3n) is 15.8. The predicted octanol–water partition coefficient (Wildman–Crippen LogP) is 12.5. The van der Waals surface area contributed by atoms with Gasteiger partial charge in [0.2, 0.25) is 10.0 Å². The fourth-order valence-electron chi connectivity index (χ4n) is 11.9. The molecule has 496 valence electrons. The van der Waals surface area contributed by atoms with Crippen LogP contribution in [0, 0.1) is 34.0 Å². The monoisotopic (exact) mass is 1390 g/mol. The lowest BCUT2D eigenvalue weighted by Gasteiger charge is -2.19. The average molecular weight is 1390 g/mol. The molecule has 9 aromatic rings. The number of carboxylic acids is 1. The second-order valence-corrected chi connectivity index (χ2v) is 30.1. The number of benzene rings is 6. The van der Waals surface area contributed by atoms with Crippen LogP contribution in [0.25, 0.3) is 63.2 Å². The molecular weight excluding hydrogens is 1320 g/mol. The number of ether oxygens (including phenoxy) is 3. The molecule has 96 heavy (non-hydrogen) atoms. The number of aliphatic hydroxyl groups excluding tert-OH is 1. The van der Waals surface area contributed by atoms with E-state index in [0.717, 1.165) is 87.7 Å². The maximum atomic E-state index is 12.1. The molecule has 3 aliphatic rings. The number of carboxylic acid groups (broad SMARTS) is 1. The van der Waals surface area contributed by atoms with E-state index in [-0.39, 0.29) is 43.0 Å². The first-order valence-corrected chi connectivity index (χ1v) is 36.7. The van der Waals surface area contributed by atoms with Crippen LogP contribution in [0.1, 0.15) is 136 Å². The van der Waals surface area contributed by atoms with Crippen LogP contribution >= 0.6 is 34.0 Å². The highest BCUT2D eigenvalue weighted by atomic mass is 32.2. The molecule has 3 aromatic heterocycles. The zero-order valence-electron chi connectivity index (χ0n) is 53.7. The van der Waals surface area contributed by atoms with E-state index in [1.807, 2.05) is 121 Å². The molecule has 1 unspecified atom stereocenters. The second-order valence-electron chi connectivity index (χ2n) is 24.0. The van der Waals surface area contributed by atoms with E-state index in [1.54, 1.807) is 41.8 Å². The van der Waals surface area contributed by atoms with Gasteiger partial charge in [0.05, 0.1) is 51.4 Å². The number of fused-ring (bicyclic) bond motifs is 3. The fourth-order valence-corrected chi connectivity index (χ4v) is 16.4. The van der Waals surface area contributed by atoms with Crippen LogP contribution in [-0.4, -0.2) is 89.9 Å². The van der Waals surface area contributed by atoms with Gasteiger partial charge in [-0.1, -0.05) is 65.9 Å². The van der Waals surface area contributed by atoms with Crippen molar-refractivity contribution < 1.29 is 46.1 Å². The summed E-state index contributed by atoms with van der Waals surface area (Å²) in [6, 6.07) is 40.5. The molecule has 0 amide bonds. The molecule has 0 bridgehead atoms. The SMILES string of the molecule is CC(C)Oc1ccc(-c2ncc(-c3cccc4c3CCC4N[C@H](C)CO)s2)cc1C#N.CC(C)Oc1ccc(-c2ncc(-c3cccc4c3CC[C@@H]4NS(=O)(=O)CC(=O)O)s2)cc1C#N.CC(C)Oc1ccc(-c2nnc(-c3cccc4c3CC[C@H]4NS(N)(=O)=O)s2)cc1C#N. The number of nitriles is 3. The highest BCUT2D eigenvalue weighted by Gasteiger charge is 2.32. The minimum Gasteiger partial charge on any atom is -0.490 e. The number of nitrogens with one attached hydrogen (secondary N) is 3. The quantitative estimate of drug-likeness (QED) is 0.0389. The number of aliphatic hydroxyl groups is 1. The normalized spacial score (nSPS) is 15.7. The summed E-state index contributed by atoms with van der Waals surface area (Å²) in [6.07, 6.45) is 8.27. The molecule has 12 rings (SSSR count). The Balaban J connectivity index is 0.000000157. The summed E-state index contributed by atoms with van der Waals surface area (Å²) in [7, 11) is -7.72. The van der Waals surface area contributed by atoms with E-state index in [9.17, 15) is 42.5 Å². The number of sulfonamides is 1. The fraction of sp³-hybridized carbons (Fsp3) is 0.314. The zero-order valence-corrected chi connectivity index (χ0v) is 57.7. The summed E-state index contributed by atoms with van der Waals surface area (Å²) >= 11 is 4.55. The van der Waals surface area contributed by atoms with Crippen LogP contribution in [0.3, 0.4) is 0 Å². The van der Waals surface area contributed by atoms with E-state index >= 15 is 0 Å². The maximum absolute atomic E-state index is 12.1. The standard InChI is InChI=1S/C25H27N3O2S.C24H23N3O5S2.C21H21N5O3S2/c1-15(2)30-23-10-7-17(11-18(23)12-26)25-27-13-24(31-25)21-6-4-5-20-19(21)8-9-22(20)28-16(3)14-29;1-14(2)32-21-9-6-15(10-16(21)11-25)24-26-12-22(33-24)19-5-3-4-18-17(19)7-8-20(18)27-34(30,31)13-23(28)29;1-12(2)29-19-9-6-13(10-14(19)11-22)20-24-25-21(30-20)17-5-3-4-16-15(17)7-8-18(16)26-31(23,27)28/h4-7,10-11,13,15-16,22,28-29H,8-9,14H2,1-3H3;3-6,9-10,12,14,20,27H,7-8,13H2,1-2H3,(H,28,29);3-6,9-10,12,18,26H,7-8H2,1-2H3,(H2,23,27,28)/t16-,22?;20-;18-/m101/s1. The van der Waals surface area contributed by atoms with E-state index in [2.05, 4.69) is 71.3 Å². The Bertz CT molecular complexity index is 4720. The number of nitrogens with zero attached hydrogens (tertiary/aromatic N) is 7. The number of hydrogen-bond donors (Lipinski definition) is 6. The van der Waals surface area contributed by atoms with Crippen LogP contribution in [0.15, 0.2) is 122 Å². The number of aliphatic carboxylic acids is 1. The van der Waals surface area contributed by atoms with Gasteiger partial charge in [0, 0.05) is 58.8 Å². The van der Waals surface area contributed by atoms with E-state index in [4.69, 9.17) is 24.5 Å². The Morgan fingerprint density at radius 1 is 0.562 bits per heavy atom. The first-order chi connectivity index (χ1) is 45.9. The number of thiazole rings is 2. The largest absolute Gasteiger partial charge is 0.490 e. The van der Waals surface area contributed by atoms with Gasteiger partial charge in [-0.05, 0) is 186 Å². The molecular formula is C70H71N11O10S5. The van der Waals surface area contributed by atoms with Crippen molar-refractivity contribution in [3.8, 4) is 98.6 Å². The number of hydrogen-bond acceptors (Lipinski definition) is 20. The van der Waals surface area contributed by atoms with Crippen LogP contribution in [-0.2, 0) is 44.3 Å². The van der Waals surface area contributed by atoms with Gasteiger partial charge in [-0.2, -0.15) is 28.9 Å². The number of carbonyl (C=O) groups is 1. The summed E-state index contributed by atoms with van der Waals surface area (Å²) in [6.45, 7) is 13.7. The van der Waals surface area contributed by atoms with Crippen molar-refractivity contribution in [3.05, 3.63) is 172 Å². The molecule has 3 heterocycles. The summed E-state index contributed by atoms with van der Waals surface area (Å²) < 4.78 is 69.3. The second kappa shape index (κ2) is 30.5. The Labute approximate surface area is 570 Å². The summed E-state index contributed by atoms with van der Waals surface area (Å²) in [5.41, 5.74) is 13.6. The van der Waals surface area contributed by atoms with Gasteiger partial charge in [0.15, 0.2) is 5.75 Å². The number of nitrogens with two attached hydrogens (primary N) is 1. The van der Waals surface area contributed by atoms with E-state index in [1.165, 1.54) is 39.4 Å². The Kier molecular flexibility index (Phi) is 22.2. The van der Waals surface area contributed by atoms with E-state index in [0.29, 0.717) is 64.6 Å². The molecule has 0 fully saturated rings. The minimum absolute atomic E-state index is 0.0169. The maximum Gasteiger partial charge on any atom is 0.320 e. The molecule has 0 radical (unpaired) electrons. The van der Waals surface area contributed by atoms with Gasteiger partial charge < -0.3 is 29.7 Å². The summed E-state index contributed by atoms with van der Waals surface area (Å²) in [4.78, 5) is 22.1. The van der Waals surface area contributed by atoms with Gasteiger partial charge >= 0.3 is 5.97 Å². The van der Waals surface area contributed by atoms with Crippen molar-refractivity contribution in [1.82, 2.24) is 34.9 Å². The Morgan fingerprint density at radius 2 is 0.958 bits per heavy atom. The van der Waals surface area contributed by atoms with Crippen molar-refractivity contribution in [2.75, 3.05) is 12.4 Å². The molecule has 0 saturated carbocycles. The summed E-state index contributed by atoms with van der Waals surface area (Å²) in [5.74, 6) is -0.660. The van der Waals surface area contributed by atoms with Crippen LogP contribution < -0.4 is 34.1 Å². The van der Waals surface area contributed by atoms with Gasteiger partial charge in [-0.3, -0.25) is 4.79 Å². The van der Waals surface area contributed by atoms with Crippen molar-refractivity contribution >= 4 is 60.2 Å². The molecule has 6 aromatic carbocycles. The van der Waals surface area contributed by atoms with Crippen molar-refractivity contribution in [3.63, 3.8) is 0 Å². The van der Waals surface area contributed by atoms with Crippen molar-refractivity contribution in [2.45, 2.75) is 129 Å². The van der Waals surface area contributed by atoms with Gasteiger partial charge in [0.1, 0.15) is 55.5 Å². The first kappa shape index (κ1) is 70.0. The highest BCUT2D eigenvalue weighted by Crippen LogP contribution is 2.45. The minimum atomic E-state index is -3.93. The smallest absolute Gasteiger partial charge is 0.320 e. The third kappa shape index (κ3) is 16.9. The molecule has 0 aliphatic heterocycles. The third-order valence-corrected chi connectivity index (χ3v) is 20.9. The first-order valence-electron chi connectivity index (χ1n) is 31.1. The predicted molar refractivity (Wildman–Crippen MR) is 372 cm³/mol. The van der Waals surface area contributed by atoms with Crippen molar-refractivity contribution in [1.29, 1.82) is 15.8 Å². The molecule has 3 aliphatic carbocycles. The topological polar surface area (TPSA) is 339 Å². The van der Waals surface area contributed by atoms with E-state index < -0.39 is 38.0 Å². The van der Waals surface area contributed by atoms with Crippen LogP contribution in [0.2, 0.25) is 0 Å². The van der Waals surface area contributed by atoms with Crippen LogP contribution in [0.4, 0.5) is 0 Å². The highest BCUT2D eigenvalue weighted by molar-refractivity contribution is 7.90. The lowest BCUT2D eigenvalue weighted by Crippen LogP contribution is -2.33. The number of aromatic nitrogens is 4. The van der Waals surface area contributed by atoms with Gasteiger partial charge in [0.25, 0.3) is 10.2 Å². The average Bonchev–Trinajstić information content (AvgIpc) is 1.64.